The predicted molar refractivity (Wildman–Crippen MR) is 198 cm³/mol. The number of aromatic nitrogens is 1. The van der Waals surface area contributed by atoms with Gasteiger partial charge in [-0.2, -0.15) is 0 Å². The molecule has 52 heavy (non-hydrogen) atoms. The second-order valence-corrected chi connectivity index (χ2v) is 19.2. The summed E-state index contributed by atoms with van der Waals surface area (Å²) in [6, 6.07) is 11.6. The topological polar surface area (TPSA) is 127 Å². The van der Waals surface area contributed by atoms with Crippen LogP contribution in [0.4, 0.5) is 4.79 Å². The number of likely N-dealkylation sites (tertiary alicyclic amines) is 2. The average Bonchev–Trinajstić information content (AvgIpc) is 3.34. The predicted octanol–water partition coefficient (Wildman–Crippen LogP) is 6.54. The normalized spacial score (nSPS) is 25.4. The van der Waals surface area contributed by atoms with Crippen molar-refractivity contribution < 1.29 is 32.3 Å². The van der Waals surface area contributed by atoms with E-state index in [1.807, 2.05) is 43.9 Å². The molecule has 3 aliphatic heterocycles. The van der Waals surface area contributed by atoms with Gasteiger partial charge in [0.15, 0.2) is 0 Å². The van der Waals surface area contributed by atoms with E-state index in [1.165, 1.54) is 12.0 Å². The van der Waals surface area contributed by atoms with Gasteiger partial charge < -0.3 is 23.8 Å². The molecular formula is C40H50N4O7S. The molecule has 4 fully saturated rings. The molecule has 8 rings (SSSR count). The fourth-order valence-corrected chi connectivity index (χ4v) is 10.1. The first kappa shape index (κ1) is 35.0. The summed E-state index contributed by atoms with van der Waals surface area (Å²) in [5, 5.41) is 0.285. The van der Waals surface area contributed by atoms with E-state index in [-0.39, 0.29) is 35.6 Å². The highest BCUT2D eigenvalue weighted by Gasteiger charge is 2.65. The molecule has 11 nitrogen and oxygen atoms in total. The van der Waals surface area contributed by atoms with Crippen molar-refractivity contribution in [3.8, 4) is 17.0 Å². The number of sulfonamides is 1. The third-order valence-electron chi connectivity index (χ3n) is 12.2. The number of carbonyl (C=O) groups is 3. The van der Waals surface area contributed by atoms with Gasteiger partial charge in [0, 0.05) is 47.6 Å². The molecule has 0 radical (unpaired) electrons. The molecule has 3 amide bonds. The molecule has 4 heterocycles. The maximum Gasteiger partial charge on any atom is 0.410 e. The number of piperazine rings is 1. The Bertz CT molecular complexity index is 2090. The van der Waals surface area contributed by atoms with Crippen LogP contribution in [0.3, 0.4) is 0 Å². The third kappa shape index (κ3) is 5.67. The van der Waals surface area contributed by atoms with E-state index in [9.17, 15) is 18.0 Å². The molecular weight excluding hydrogens is 681 g/mol. The van der Waals surface area contributed by atoms with Crippen LogP contribution in [-0.2, 0) is 26.1 Å². The highest BCUT2D eigenvalue weighted by Crippen LogP contribution is 2.66. The molecule has 1 N–H and O–H groups in total. The van der Waals surface area contributed by atoms with Gasteiger partial charge in [-0.05, 0) is 108 Å². The number of nitrogens with zero attached hydrogens (tertiary/aromatic N) is 3. The highest BCUT2D eigenvalue weighted by molar-refractivity contribution is 7.90. The minimum absolute atomic E-state index is 0.0250. The van der Waals surface area contributed by atoms with Gasteiger partial charge in [0.25, 0.3) is 5.91 Å². The van der Waals surface area contributed by atoms with Gasteiger partial charge in [0.1, 0.15) is 11.4 Å². The van der Waals surface area contributed by atoms with Crippen molar-refractivity contribution in [1.29, 1.82) is 0 Å². The average molecular weight is 731 g/mol. The molecule has 278 valence electrons. The van der Waals surface area contributed by atoms with Crippen molar-refractivity contribution in [1.82, 2.24) is 19.1 Å². The highest BCUT2D eigenvalue weighted by atomic mass is 32.2. The fourth-order valence-electron chi connectivity index (χ4n) is 9.47. The van der Waals surface area contributed by atoms with Crippen molar-refractivity contribution in [2.24, 2.45) is 5.41 Å². The number of amides is 3. The van der Waals surface area contributed by atoms with Gasteiger partial charge >= 0.3 is 6.09 Å². The summed E-state index contributed by atoms with van der Waals surface area (Å²) in [5.74, 6) is 0.477. The Kier molecular flexibility index (Phi) is 8.24. The summed E-state index contributed by atoms with van der Waals surface area (Å²) in [7, 11) is -2.17. The smallest absolute Gasteiger partial charge is 0.410 e. The molecule has 2 saturated heterocycles. The van der Waals surface area contributed by atoms with Gasteiger partial charge in [0.05, 0.1) is 35.6 Å². The zero-order chi connectivity index (χ0) is 36.9. The largest absolute Gasteiger partial charge is 0.497 e. The molecule has 2 unspecified atom stereocenters. The maximum atomic E-state index is 15.0. The molecule has 2 bridgehead atoms. The van der Waals surface area contributed by atoms with Crippen molar-refractivity contribution in [2.45, 2.75) is 121 Å². The van der Waals surface area contributed by atoms with Crippen molar-refractivity contribution in [2.75, 3.05) is 20.2 Å². The van der Waals surface area contributed by atoms with Gasteiger partial charge in [-0.15, -0.1) is 0 Å². The van der Waals surface area contributed by atoms with Crippen LogP contribution >= 0.6 is 0 Å². The van der Waals surface area contributed by atoms with Crippen LogP contribution < -0.4 is 9.46 Å². The van der Waals surface area contributed by atoms with Crippen molar-refractivity contribution in [3.05, 3.63) is 53.1 Å². The first-order chi connectivity index (χ1) is 24.6. The molecule has 3 aromatic rings. The SMILES string of the molecule is COc1ccc2c(c1)C1CC1(C(=O)N1C[C@H]3C[C@@H]1CN3C(=O)OC(C)(C)C)Cn1c-2c(C2CCCCC2)c2ccc(C(=O)NS(=O)(=O)C(C)C)cc21. The minimum Gasteiger partial charge on any atom is -0.497 e. The Hall–Kier alpha value is -4.06. The van der Waals surface area contributed by atoms with Gasteiger partial charge in [-0.25, -0.2) is 17.9 Å². The molecule has 2 saturated carbocycles. The summed E-state index contributed by atoms with van der Waals surface area (Å²) in [6.07, 6.45) is 6.69. The number of nitrogens with one attached hydrogen (secondary N) is 1. The summed E-state index contributed by atoms with van der Waals surface area (Å²) in [5.41, 5.74) is 4.31. The summed E-state index contributed by atoms with van der Waals surface area (Å²) >= 11 is 0. The van der Waals surface area contributed by atoms with Crippen molar-refractivity contribution in [3.63, 3.8) is 0 Å². The second-order valence-electron chi connectivity index (χ2n) is 16.9. The zero-order valence-corrected chi connectivity index (χ0v) is 31.8. The third-order valence-corrected chi connectivity index (χ3v) is 13.9. The van der Waals surface area contributed by atoms with Crippen LogP contribution in [-0.4, -0.2) is 83.8 Å². The van der Waals surface area contributed by atoms with E-state index in [2.05, 4.69) is 21.4 Å². The van der Waals surface area contributed by atoms with Crippen LogP contribution in [0.2, 0.25) is 0 Å². The van der Waals surface area contributed by atoms with Crippen LogP contribution in [0, 0.1) is 5.41 Å². The van der Waals surface area contributed by atoms with E-state index in [0.717, 1.165) is 65.6 Å². The second kappa shape index (κ2) is 12.2. The van der Waals surface area contributed by atoms with E-state index in [4.69, 9.17) is 9.47 Å². The lowest BCUT2D eigenvalue weighted by atomic mass is 9.81. The number of fused-ring (bicyclic) bond motifs is 9. The number of methoxy groups -OCH3 is 1. The van der Waals surface area contributed by atoms with Crippen molar-refractivity contribution >= 4 is 38.8 Å². The van der Waals surface area contributed by atoms with Gasteiger partial charge in [-0.1, -0.05) is 25.3 Å². The first-order valence-corrected chi connectivity index (χ1v) is 20.4. The van der Waals surface area contributed by atoms with Gasteiger partial charge in [0.2, 0.25) is 15.9 Å². The Morgan fingerprint density at radius 1 is 0.962 bits per heavy atom. The molecule has 12 heteroatoms. The molecule has 1 aromatic heterocycles. The summed E-state index contributed by atoms with van der Waals surface area (Å²) in [6.45, 7) is 10.0. The number of carbonyl (C=O) groups excluding carboxylic acids is 3. The molecule has 2 aliphatic carbocycles. The minimum atomic E-state index is -3.84. The maximum absolute atomic E-state index is 15.0. The summed E-state index contributed by atoms with van der Waals surface area (Å²) in [4.78, 5) is 45.3. The fraction of sp³-hybridized carbons (Fsp3) is 0.575. The number of hydrogen-bond donors (Lipinski definition) is 1. The Morgan fingerprint density at radius 3 is 2.33 bits per heavy atom. The monoisotopic (exact) mass is 730 g/mol. The van der Waals surface area contributed by atoms with E-state index in [1.54, 1.807) is 31.9 Å². The lowest BCUT2D eigenvalue weighted by molar-refractivity contribution is -0.140. The Labute approximate surface area is 306 Å². The number of ether oxygens (including phenoxy) is 2. The first-order valence-electron chi connectivity index (χ1n) is 18.8. The standard InChI is InChI=1S/C40H50N4O7S/c1-23(2)52(48,49)41-36(45)25-12-14-30-33(16-25)44-22-40(37(46)42-20-27-17-26(42)21-43(27)38(47)51-39(3,4)5)19-32(40)31-18-28(50-6)13-15-29(31)35(44)34(30)24-10-8-7-9-11-24/h12-16,18,23-24,26-27,32H,7-11,17,19-22H2,1-6H3,(H,41,45)/t26-,27-,32?,40?/m1/s1. The van der Waals surface area contributed by atoms with Crippen LogP contribution in [0.25, 0.3) is 22.2 Å². The number of rotatable bonds is 6. The Balaban J connectivity index is 1.23. The van der Waals surface area contributed by atoms with E-state index >= 15 is 4.79 Å². The summed E-state index contributed by atoms with van der Waals surface area (Å²) < 4.78 is 41.4. The zero-order valence-electron chi connectivity index (χ0n) is 31.0. The van der Waals surface area contributed by atoms with Crippen LogP contribution in [0.5, 0.6) is 5.75 Å². The lowest BCUT2D eigenvalue weighted by Crippen LogP contribution is -2.53. The number of hydrogen-bond acceptors (Lipinski definition) is 7. The van der Waals surface area contributed by atoms with E-state index in [0.29, 0.717) is 32.0 Å². The van der Waals surface area contributed by atoms with Crippen LogP contribution in [0.15, 0.2) is 36.4 Å². The molecule has 0 spiro atoms. The van der Waals surface area contributed by atoms with E-state index < -0.39 is 32.2 Å². The quantitative estimate of drug-likeness (QED) is 0.305. The molecule has 2 aromatic carbocycles. The Morgan fingerprint density at radius 2 is 1.67 bits per heavy atom. The van der Waals surface area contributed by atoms with Crippen LogP contribution in [0.1, 0.15) is 113 Å². The number of benzene rings is 2. The lowest BCUT2D eigenvalue weighted by Gasteiger charge is -2.37. The molecule has 4 atom stereocenters. The van der Waals surface area contributed by atoms with Gasteiger partial charge in [-0.3, -0.25) is 9.59 Å². The molecule has 5 aliphatic rings.